The van der Waals surface area contributed by atoms with Gasteiger partial charge in [0, 0.05) is 19.5 Å². The smallest absolute Gasteiger partial charge is 0.334 e. The van der Waals surface area contributed by atoms with Crippen LogP contribution >= 0.6 is 0 Å². The quantitative estimate of drug-likeness (QED) is 0.253. The van der Waals surface area contributed by atoms with Crippen LogP contribution in [0.15, 0.2) is 72.8 Å². The number of nitrogens with zero attached hydrogens (tertiary/aromatic N) is 1. The maximum absolute atomic E-state index is 13.4. The van der Waals surface area contributed by atoms with Crippen LogP contribution in [-0.4, -0.2) is 47.1 Å². The van der Waals surface area contributed by atoms with Crippen molar-refractivity contribution in [1.29, 1.82) is 0 Å². The van der Waals surface area contributed by atoms with Crippen LogP contribution in [0.3, 0.4) is 0 Å². The Morgan fingerprint density at radius 3 is 2.31 bits per heavy atom. The van der Waals surface area contributed by atoms with E-state index in [0.717, 1.165) is 36.0 Å². The summed E-state index contributed by atoms with van der Waals surface area (Å²) in [5.41, 5.74) is 5.48. The number of hydrogen-bond acceptors (Lipinski definition) is 4. The molecule has 0 radical (unpaired) electrons. The third kappa shape index (κ3) is 7.93. The van der Waals surface area contributed by atoms with E-state index in [2.05, 4.69) is 5.32 Å². The van der Waals surface area contributed by atoms with Crippen LogP contribution < -0.4 is 10.1 Å². The normalized spacial score (nSPS) is 13.0. The molecule has 0 spiro atoms. The molecular formula is C32H36N2O5. The molecule has 7 heteroatoms. The molecular weight excluding hydrogens is 492 g/mol. The van der Waals surface area contributed by atoms with Gasteiger partial charge in [-0.25, -0.2) is 9.59 Å². The van der Waals surface area contributed by atoms with Gasteiger partial charge in [0.25, 0.3) is 0 Å². The topological polar surface area (TPSA) is 95.9 Å². The van der Waals surface area contributed by atoms with E-state index in [9.17, 15) is 14.4 Å². The summed E-state index contributed by atoms with van der Waals surface area (Å²) in [4.78, 5) is 39.3. The van der Waals surface area contributed by atoms with E-state index in [1.165, 1.54) is 16.0 Å². The Hall–Kier alpha value is -4.13. The van der Waals surface area contributed by atoms with Crippen LogP contribution in [0, 0.1) is 5.92 Å². The Morgan fingerprint density at radius 2 is 1.62 bits per heavy atom. The van der Waals surface area contributed by atoms with Gasteiger partial charge in [0.1, 0.15) is 11.8 Å². The molecule has 39 heavy (non-hydrogen) atoms. The van der Waals surface area contributed by atoms with Crippen molar-refractivity contribution in [3.63, 3.8) is 0 Å². The number of urea groups is 1. The van der Waals surface area contributed by atoms with E-state index < -0.39 is 24.0 Å². The Bertz CT molecular complexity index is 1290. The number of fused-ring (bicyclic) bond motifs is 1. The first kappa shape index (κ1) is 27.9. The summed E-state index contributed by atoms with van der Waals surface area (Å²) in [6, 6.07) is 22.1. The third-order valence-corrected chi connectivity index (χ3v) is 6.84. The summed E-state index contributed by atoms with van der Waals surface area (Å²) in [7, 11) is 0. The van der Waals surface area contributed by atoms with Crippen molar-refractivity contribution in [2.45, 2.75) is 52.0 Å². The second kappa shape index (κ2) is 13.1. The van der Waals surface area contributed by atoms with Crippen LogP contribution in [0.5, 0.6) is 5.75 Å². The zero-order valence-corrected chi connectivity index (χ0v) is 22.6. The molecule has 3 aromatic carbocycles. The molecule has 1 aliphatic rings. The van der Waals surface area contributed by atoms with Crippen molar-refractivity contribution in [1.82, 2.24) is 10.2 Å². The summed E-state index contributed by atoms with van der Waals surface area (Å²) in [5.74, 6) is -0.949. The molecule has 0 heterocycles. The number of esters is 1. The number of aliphatic carboxylic acids is 1. The first-order chi connectivity index (χ1) is 18.8. The predicted molar refractivity (Wildman–Crippen MR) is 151 cm³/mol. The van der Waals surface area contributed by atoms with Gasteiger partial charge in [0.2, 0.25) is 0 Å². The molecule has 7 nitrogen and oxygen atoms in total. The highest BCUT2D eigenvalue weighted by atomic mass is 16.5. The number of rotatable bonds is 11. The van der Waals surface area contributed by atoms with Crippen LogP contribution in [0.2, 0.25) is 0 Å². The maximum atomic E-state index is 13.4. The first-order valence-electron chi connectivity index (χ1n) is 13.5. The van der Waals surface area contributed by atoms with Gasteiger partial charge < -0.3 is 20.1 Å². The molecule has 0 fully saturated rings. The van der Waals surface area contributed by atoms with E-state index in [0.29, 0.717) is 12.3 Å². The number of carbonyl (C=O) groups is 3. The van der Waals surface area contributed by atoms with Gasteiger partial charge in [-0.15, -0.1) is 0 Å². The van der Waals surface area contributed by atoms with Gasteiger partial charge in [-0.3, -0.25) is 4.79 Å². The second-order valence-corrected chi connectivity index (χ2v) is 10.5. The summed E-state index contributed by atoms with van der Waals surface area (Å²) < 4.78 is 5.76. The molecule has 0 unspecified atom stereocenters. The predicted octanol–water partition coefficient (Wildman–Crippen LogP) is 5.50. The maximum Gasteiger partial charge on any atom is 0.334 e. The van der Waals surface area contributed by atoms with Gasteiger partial charge in [0.05, 0.1) is 6.42 Å². The van der Waals surface area contributed by atoms with Crippen molar-refractivity contribution in [3.05, 3.63) is 89.5 Å². The minimum atomic E-state index is -0.984. The lowest BCUT2D eigenvalue weighted by atomic mass is 10.0. The van der Waals surface area contributed by atoms with Crippen molar-refractivity contribution in [2.75, 3.05) is 13.1 Å². The van der Waals surface area contributed by atoms with E-state index in [1.807, 2.05) is 80.6 Å². The number of carboxylic acid groups (broad SMARTS) is 1. The number of benzene rings is 3. The molecule has 1 atom stereocenters. The molecule has 1 aliphatic carbocycles. The van der Waals surface area contributed by atoms with Gasteiger partial charge in [0.15, 0.2) is 0 Å². The fourth-order valence-electron chi connectivity index (χ4n) is 4.88. The lowest BCUT2D eigenvalue weighted by molar-refractivity contribution is -0.138. The molecule has 3 aromatic rings. The van der Waals surface area contributed by atoms with Crippen molar-refractivity contribution >= 4 is 18.0 Å². The first-order valence-corrected chi connectivity index (χ1v) is 13.5. The van der Waals surface area contributed by atoms with E-state index in [-0.39, 0.29) is 25.3 Å². The van der Waals surface area contributed by atoms with Crippen molar-refractivity contribution < 1.29 is 24.2 Å². The molecule has 2 amide bonds. The molecule has 0 bridgehead atoms. The average molecular weight is 529 g/mol. The van der Waals surface area contributed by atoms with Crippen molar-refractivity contribution in [3.8, 4) is 16.9 Å². The Balaban J connectivity index is 1.53. The van der Waals surface area contributed by atoms with Crippen LogP contribution in [0.25, 0.3) is 11.1 Å². The Morgan fingerprint density at radius 1 is 0.923 bits per heavy atom. The van der Waals surface area contributed by atoms with Crippen molar-refractivity contribution in [2.24, 2.45) is 5.92 Å². The summed E-state index contributed by atoms with van der Waals surface area (Å²) in [6.07, 6.45) is 3.14. The van der Waals surface area contributed by atoms with E-state index in [4.69, 9.17) is 9.84 Å². The Kier molecular flexibility index (Phi) is 9.36. The number of carboxylic acids is 1. The summed E-state index contributed by atoms with van der Waals surface area (Å²) in [5, 5.41) is 12.0. The summed E-state index contributed by atoms with van der Waals surface area (Å²) >= 11 is 0. The highest BCUT2D eigenvalue weighted by Gasteiger charge is 2.27. The van der Waals surface area contributed by atoms with Crippen LogP contribution in [0.4, 0.5) is 4.79 Å². The SMILES string of the molecule is CC(C)CN(CCC(=O)O)C(=O)N[C@@H](Cc1ccc(-c2ccccc2)cc1)C(=O)Oc1ccc2c(c1)CCC2. The van der Waals surface area contributed by atoms with E-state index >= 15 is 0 Å². The number of carbonyl (C=O) groups excluding carboxylic acids is 2. The largest absolute Gasteiger partial charge is 0.481 e. The van der Waals surface area contributed by atoms with Crippen LogP contribution in [0.1, 0.15) is 43.4 Å². The fraction of sp³-hybridized carbons (Fsp3) is 0.344. The molecule has 0 aromatic heterocycles. The number of nitrogens with one attached hydrogen (secondary N) is 1. The number of hydrogen-bond donors (Lipinski definition) is 2. The molecule has 0 aliphatic heterocycles. The van der Waals surface area contributed by atoms with Crippen LogP contribution in [-0.2, 0) is 28.9 Å². The third-order valence-electron chi connectivity index (χ3n) is 6.84. The van der Waals surface area contributed by atoms with Gasteiger partial charge in [-0.1, -0.05) is 74.5 Å². The van der Waals surface area contributed by atoms with Gasteiger partial charge in [-0.05, 0) is 65.1 Å². The number of ether oxygens (including phenoxy) is 1. The number of aryl methyl sites for hydroxylation is 2. The summed E-state index contributed by atoms with van der Waals surface area (Å²) in [6.45, 7) is 4.33. The highest BCUT2D eigenvalue weighted by Crippen LogP contribution is 2.26. The zero-order chi connectivity index (χ0) is 27.8. The molecule has 2 N–H and O–H groups in total. The van der Waals surface area contributed by atoms with Gasteiger partial charge in [-0.2, -0.15) is 0 Å². The minimum absolute atomic E-state index is 0.0533. The van der Waals surface area contributed by atoms with E-state index in [1.54, 1.807) is 6.07 Å². The van der Waals surface area contributed by atoms with Gasteiger partial charge >= 0.3 is 18.0 Å². The average Bonchev–Trinajstić information content (AvgIpc) is 3.39. The minimum Gasteiger partial charge on any atom is -0.481 e. The molecule has 4 rings (SSSR count). The lowest BCUT2D eigenvalue weighted by Gasteiger charge is -2.27. The second-order valence-electron chi connectivity index (χ2n) is 10.5. The standard InChI is InChI=1S/C32H36N2O5/c1-22(2)21-34(18-17-30(35)36)32(38)33-29(31(37)39-28-16-15-25-9-6-10-27(25)20-28)19-23-11-13-26(14-12-23)24-7-4-3-5-8-24/h3-5,7-8,11-16,20,22,29H,6,9-10,17-19,21H2,1-2H3,(H,33,38)(H,35,36)/t29-/m0/s1. The molecule has 0 saturated heterocycles. The fourth-order valence-corrected chi connectivity index (χ4v) is 4.88. The molecule has 0 saturated carbocycles. The molecule has 204 valence electrons. The zero-order valence-electron chi connectivity index (χ0n) is 22.6. The lowest BCUT2D eigenvalue weighted by Crippen LogP contribution is -2.51. The number of amides is 2. The monoisotopic (exact) mass is 528 g/mol. The highest BCUT2D eigenvalue weighted by molar-refractivity contribution is 5.85. The Labute approximate surface area is 229 Å².